The van der Waals surface area contributed by atoms with Gasteiger partial charge in [-0.05, 0) is 44.0 Å². The second kappa shape index (κ2) is 3.38. The summed E-state index contributed by atoms with van der Waals surface area (Å²) in [6, 6.07) is 6.73. The van der Waals surface area contributed by atoms with E-state index in [2.05, 4.69) is 31.0 Å². The predicted octanol–water partition coefficient (Wildman–Crippen LogP) is 3.59. The Morgan fingerprint density at radius 2 is 2.06 bits per heavy atom. The molecule has 3 rings (SSSR count). The Morgan fingerprint density at radius 3 is 2.62 bits per heavy atom. The van der Waals surface area contributed by atoms with E-state index >= 15 is 0 Å². The van der Waals surface area contributed by atoms with Crippen LogP contribution in [0.15, 0.2) is 18.2 Å². The highest BCUT2D eigenvalue weighted by atomic mass is 35.5. The second-order valence-electron chi connectivity index (χ2n) is 5.19. The minimum absolute atomic E-state index is 0.350. The molecule has 0 aromatic heterocycles. The summed E-state index contributed by atoms with van der Waals surface area (Å²) in [7, 11) is 2.20. The number of benzene rings is 1. The molecular formula is C13H15Cl2N. The summed E-state index contributed by atoms with van der Waals surface area (Å²) in [5.41, 5.74) is 1.71. The zero-order valence-electron chi connectivity index (χ0n) is 9.50. The number of piperidine rings is 1. The molecular weight excluding hydrogens is 241 g/mol. The van der Waals surface area contributed by atoms with Gasteiger partial charge in [0.25, 0.3) is 0 Å². The molecule has 1 aromatic rings. The van der Waals surface area contributed by atoms with Crippen molar-refractivity contribution >= 4 is 23.2 Å². The van der Waals surface area contributed by atoms with Crippen molar-refractivity contribution in [2.24, 2.45) is 5.92 Å². The van der Waals surface area contributed by atoms with Gasteiger partial charge in [0.2, 0.25) is 0 Å². The fourth-order valence-electron chi connectivity index (χ4n) is 3.37. The molecule has 3 heteroatoms. The number of hydrogen-bond donors (Lipinski definition) is 0. The normalized spacial score (nSPS) is 37.5. The number of likely N-dealkylation sites (tertiary alicyclic amines) is 1. The van der Waals surface area contributed by atoms with Crippen LogP contribution in [-0.4, -0.2) is 24.5 Å². The summed E-state index contributed by atoms with van der Waals surface area (Å²) in [4.78, 5) is 2.44. The number of rotatable bonds is 1. The summed E-state index contributed by atoms with van der Waals surface area (Å²) in [5, 5.41) is 1.33. The van der Waals surface area contributed by atoms with E-state index in [1.165, 1.54) is 18.5 Å². The topological polar surface area (TPSA) is 3.24 Å². The lowest BCUT2D eigenvalue weighted by atomic mass is 9.89. The number of fused-ring (bicyclic) bond motifs is 1. The number of likely N-dealkylation sites (N-methyl/N-ethyl adjacent to an activating group) is 1. The Morgan fingerprint density at radius 1 is 1.31 bits per heavy atom. The number of hydrogen-bond acceptors (Lipinski definition) is 1. The quantitative estimate of drug-likeness (QED) is 0.742. The zero-order valence-corrected chi connectivity index (χ0v) is 11.0. The van der Waals surface area contributed by atoms with Crippen LogP contribution in [0.3, 0.4) is 0 Å². The van der Waals surface area contributed by atoms with Gasteiger partial charge in [-0.3, -0.25) is 0 Å². The van der Waals surface area contributed by atoms with Gasteiger partial charge in [-0.1, -0.05) is 29.3 Å². The van der Waals surface area contributed by atoms with Crippen molar-refractivity contribution in [1.82, 2.24) is 4.90 Å². The molecule has 2 aliphatic rings. The van der Waals surface area contributed by atoms with Gasteiger partial charge in [0.15, 0.2) is 0 Å². The van der Waals surface area contributed by atoms with Crippen LogP contribution >= 0.6 is 23.2 Å². The van der Waals surface area contributed by atoms with Crippen LogP contribution in [0.25, 0.3) is 0 Å². The highest BCUT2D eigenvalue weighted by molar-refractivity contribution is 6.42. The Bertz CT molecular complexity index is 446. The average Bonchev–Trinajstić information content (AvgIpc) is 2.90. The molecule has 1 aromatic carbocycles. The monoisotopic (exact) mass is 255 g/mol. The van der Waals surface area contributed by atoms with Crippen LogP contribution in [0.1, 0.15) is 18.9 Å². The smallest absolute Gasteiger partial charge is 0.0595 e. The highest BCUT2D eigenvalue weighted by Crippen LogP contribution is 2.62. The van der Waals surface area contributed by atoms with Gasteiger partial charge in [-0.25, -0.2) is 0 Å². The first-order valence-electron chi connectivity index (χ1n) is 5.71. The van der Waals surface area contributed by atoms with Crippen molar-refractivity contribution in [2.75, 3.05) is 13.6 Å². The molecule has 3 atom stereocenters. The van der Waals surface area contributed by atoms with E-state index in [0.29, 0.717) is 21.5 Å². The summed E-state index contributed by atoms with van der Waals surface area (Å²) in [5.74, 6) is 0.810. The van der Waals surface area contributed by atoms with Crippen LogP contribution in [0.2, 0.25) is 10.0 Å². The van der Waals surface area contributed by atoms with E-state index in [0.717, 1.165) is 5.92 Å². The van der Waals surface area contributed by atoms with Crippen LogP contribution in [0.5, 0.6) is 0 Å². The minimum Gasteiger partial charge on any atom is -0.302 e. The first-order valence-corrected chi connectivity index (χ1v) is 6.47. The van der Waals surface area contributed by atoms with Gasteiger partial charge >= 0.3 is 0 Å². The molecule has 0 amide bonds. The van der Waals surface area contributed by atoms with Crippen molar-refractivity contribution in [3.05, 3.63) is 33.8 Å². The summed E-state index contributed by atoms with van der Waals surface area (Å²) in [6.45, 7) is 3.52. The maximum absolute atomic E-state index is 6.11. The van der Waals surface area contributed by atoms with Crippen molar-refractivity contribution < 1.29 is 0 Å². The van der Waals surface area contributed by atoms with Crippen LogP contribution in [0.4, 0.5) is 0 Å². The summed E-state index contributed by atoms with van der Waals surface area (Å²) < 4.78 is 0. The van der Waals surface area contributed by atoms with E-state index in [1.54, 1.807) is 0 Å². The molecule has 0 bridgehead atoms. The summed E-state index contributed by atoms with van der Waals surface area (Å²) >= 11 is 12.1. The number of halogens is 2. The van der Waals surface area contributed by atoms with Gasteiger partial charge in [0.05, 0.1) is 10.0 Å². The SMILES string of the molecule is C[C@H]1N(C)CC2CC21c1ccc(Cl)c(Cl)c1. The first-order chi connectivity index (χ1) is 7.55. The molecule has 1 aliphatic heterocycles. The molecule has 1 saturated heterocycles. The maximum Gasteiger partial charge on any atom is 0.0595 e. The Balaban J connectivity index is 2.02. The van der Waals surface area contributed by atoms with Crippen molar-refractivity contribution in [1.29, 1.82) is 0 Å². The molecule has 1 heterocycles. The van der Waals surface area contributed by atoms with Gasteiger partial charge < -0.3 is 4.90 Å². The van der Waals surface area contributed by atoms with E-state index < -0.39 is 0 Å². The Hall–Kier alpha value is -0.240. The minimum atomic E-state index is 0.350. The molecule has 0 spiro atoms. The lowest BCUT2D eigenvalue weighted by Gasteiger charge is -2.26. The second-order valence-corrected chi connectivity index (χ2v) is 6.00. The maximum atomic E-state index is 6.11. The molecule has 0 N–H and O–H groups in total. The average molecular weight is 256 g/mol. The molecule has 0 radical (unpaired) electrons. The fraction of sp³-hybridized carbons (Fsp3) is 0.538. The third kappa shape index (κ3) is 1.28. The molecule has 16 heavy (non-hydrogen) atoms. The van der Waals surface area contributed by atoms with E-state index in [-0.39, 0.29) is 0 Å². The van der Waals surface area contributed by atoms with Crippen molar-refractivity contribution in [3.63, 3.8) is 0 Å². The summed E-state index contributed by atoms with van der Waals surface area (Å²) in [6.07, 6.45) is 1.30. The van der Waals surface area contributed by atoms with Crippen molar-refractivity contribution in [2.45, 2.75) is 24.8 Å². The molecule has 1 saturated carbocycles. The third-order valence-corrected chi connectivity index (χ3v) is 5.26. The predicted molar refractivity (Wildman–Crippen MR) is 68.3 cm³/mol. The Labute approximate surface area is 106 Å². The van der Waals surface area contributed by atoms with E-state index in [9.17, 15) is 0 Å². The molecule has 86 valence electrons. The largest absolute Gasteiger partial charge is 0.302 e. The highest BCUT2D eigenvalue weighted by Gasteiger charge is 2.64. The lowest BCUT2D eigenvalue weighted by molar-refractivity contribution is 0.273. The number of nitrogens with zero attached hydrogens (tertiary/aromatic N) is 1. The fourth-order valence-corrected chi connectivity index (χ4v) is 3.67. The molecule has 1 aliphatic carbocycles. The van der Waals surface area contributed by atoms with Gasteiger partial charge in [0.1, 0.15) is 0 Å². The zero-order chi connectivity index (χ0) is 11.5. The molecule has 2 fully saturated rings. The Kier molecular flexibility index (Phi) is 2.30. The van der Waals surface area contributed by atoms with Gasteiger partial charge in [-0.15, -0.1) is 0 Å². The first kappa shape index (κ1) is 10.9. The van der Waals surface area contributed by atoms with E-state index in [4.69, 9.17) is 23.2 Å². The van der Waals surface area contributed by atoms with Gasteiger partial charge in [-0.2, -0.15) is 0 Å². The molecule has 1 nitrogen and oxygen atoms in total. The molecule has 2 unspecified atom stereocenters. The lowest BCUT2D eigenvalue weighted by Crippen LogP contribution is -2.33. The van der Waals surface area contributed by atoms with Crippen LogP contribution in [-0.2, 0) is 5.41 Å². The van der Waals surface area contributed by atoms with Crippen molar-refractivity contribution in [3.8, 4) is 0 Å². The van der Waals surface area contributed by atoms with E-state index in [1.807, 2.05) is 6.07 Å². The van der Waals surface area contributed by atoms with Crippen LogP contribution in [0, 0.1) is 5.92 Å². The van der Waals surface area contributed by atoms with Crippen LogP contribution < -0.4 is 0 Å². The third-order valence-electron chi connectivity index (χ3n) is 4.52. The van der Waals surface area contributed by atoms with Gasteiger partial charge in [0, 0.05) is 18.0 Å². The standard InChI is InChI=1S/C13H15Cl2N/c1-8-13(6-10(13)7-16(8)2)9-3-4-11(14)12(15)5-9/h3-5,8,10H,6-7H2,1-2H3/t8-,10?,13?/m1/s1.